The van der Waals surface area contributed by atoms with Crippen molar-refractivity contribution >= 4 is 11.8 Å². The van der Waals surface area contributed by atoms with Crippen LogP contribution < -0.4 is 16.0 Å². The number of nitrogens with one attached hydrogen (secondary N) is 3. The third-order valence-corrected chi connectivity index (χ3v) is 7.00. The minimum atomic E-state index is -0.546. The highest BCUT2D eigenvalue weighted by atomic mass is 16.2. The molecule has 6 heteroatoms. The van der Waals surface area contributed by atoms with Gasteiger partial charge in [-0.05, 0) is 63.1 Å². The summed E-state index contributed by atoms with van der Waals surface area (Å²) in [5.41, 5.74) is 0.941. The van der Waals surface area contributed by atoms with E-state index in [0.29, 0.717) is 5.92 Å². The van der Waals surface area contributed by atoms with Crippen LogP contribution in [0.15, 0.2) is 30.3 Å². The normalized spacial score (nSPS) is 25.6. The summed E-state index contributed by atoms with van der Waals surface area (Å²) in [6.45, 7) is 9.78. The molecule has 5 atom stereocenters. The van der Waals surface area contributed by atoms with Crippen molar-refractivity contribution in [2.24, 2.45) is 11.3 Å². The standard InChI is InChI=1S/C25H40N4O2/c1-17(26-5)23(30)28-22(25(2,3)4)24(31)29-20(12-11-18-9-7-6-8-10-18)15-19-13-14-27-16-21(19)29/h6-10,17,19-22,26-27H,11-16H2,1-5H3,(H,28,30)/t17?,19?,20?,21?,22-/m1/s1. The average Bonchev–Trinajstić information content (AvgIpc) is 3.13. The van der Waals surface area contributed by atoms with Crippen molar-refractivity contribution < 1.29 is 9.59 Å². The van der Waals surface area contributed by atoms with Gasteiger partial charge in [0.05, 0.1) is 6.04 Å². The predicted octanol–water partition coefficient (Wildman–Crippen LogP) is 2.34. The predicted molar refractivity (Wildman–Crippen MR) is 125 cm³/mol. The second-order valence-electron chi connectivity index (χ2n) is 10.3. The molecule has 2 aliphatic heterocycles. The van der Waals surface area contributed by atoms with Gasteiger partial charge < -0.3 is 20.9 Å². The Morgan fingerprint density at radius 3 is 2.58 bits per heavy atom. The number of amides is 2. The average molecular weight is 429 g/mol. The lowest BCUT2D eigenvalue weighted by Crippen LogP contribution is -2.61. The van der Waals surface area contributed by atoms with Crippen LogP contribution in [-0.2, 0) is 16.0 Å². The monoisotopic (exact) mass is 428 g/mol. The van der Waals surface area contributed by atoms with E-state index in [1.807, 2.05) is 33.8 Å². The molecule has 0 bridgehead atoms. The van der Waals surface area contributed by atoms with Gasteiger partial charge in [0.15, 0.2) is 0 Å². The molecule has 0 radical (unpaired) electrons. The van der Waals surface area contributed by atoms with Gasteiger partial charge in [0, 0.05) is 18.6 Å². The number of rotatable bonds is 7. The maximum absolute atomic E-state index is 14.0. The highest BCUT2D eigenvalue weighted by Gasteiger charge is 2.48. The number of likely N-dealkylation sites (N-methyl/N-ethyl adjacent to an activating group) is 1. The van der Waals surface area contributed by atoms with E-state index in [2.05, 4.69) is 45.1 Å². The van der Waals surface area contributed by atoms with Crippen LogP contribution >= 0.6 is 0 Å². The zero-order valence-electron chi connectivity index (χ0n) is 19.8. The number of carbonyl (C=O) groups excluding carboxylic acids is 2. The molecule has 6 nitrogen and oxygen atoms in total. The highest BCUT2D eigenvalue weighted by molar-refractivity contribution is 5.90. The van der Waals surface area contributed by atoms with Gasteiger partial charge >= 0.3 is 0 Å². The number of likely N-dealkylation sites (tertiary alicyclic amines) is 1. The van der Waals surface area contributed by atoms with Gasteiger partial charge in [0.25, 0.3) is 0 Å². The number of carbonyl (C=O) groups is 2. The van der Waals surface area contributed by atoms with Crippen molar-refractivity contribution in [1.82, 2.24) is 20.9 Å². The number of piperidine rings is 1. The number of benzene rings is 1. The van der Waals surface area contributed by atoms with E-state index in [4.69, 9.17) is 0 Å². The molecule has 4 unspecified atom stereocenters. The third-order valence-electron chi connectivity index (χ3n) is 7.00. The van der Waals surface area contributed by atoms with Crippen LogP contribution in [0.4, 0.5) is 0 Å². The van der Waals surface area contributed by atoms with Gasteiger partial charge in [0.1, 0.15) is 6.04 Å². The molecule has 3 rings (SSSR count). The van der Waals surface area contributed by atoms with E-state index in [1.54, 1.807) is 7.05 Å². The van der Waals surface area contributed by atoms with E-state index in [0.717, 1.165) is 38.8 Å². The van der Waals surface area contributed by atoms with Gasteiger partial charge in [-0.25, -0.2) is 0 Å². The van der Waals surface area contributed by atoms with Crippen molar-refractivity contribution in [1.29, 1.82) is 0 Å². The second kappa shape index (κ2) is 10.1. The van der Waals surface area contributed by atoms with Gasteiger partial charge in [-0.15, -0.1) is 0 Å². The molecule has 1 aromatic rings. The maximum atomic E-state index is 14.0. The number of nitrogens with zero attached hydrogens (tertiary/aromatic N) is 1. The zero-order valence-corrected chi connectivity index (χ0v) is 19.8. The Morgan fingerprint density at radius 2 is 1.94 bits per heavy atom. The Kier molecular flexibility index (Phi) is 7.76. The van der Waals surface area contributed by atoms with E-state index in [9.17, 15) is 9.59 Å². The first-order valence-corrected chi connectivity index (χ1v) is 11.8. The molecule has 172 valence electrons. The minimum absolute atomic E-state index is 0.0680. The summed E-state index contributed by atoms with van der Waals surface area (Å²) in [6.07, 6.45) is 4.09. The number of hydrogen-bond donors (Lipinski definition) is 3. The van der Waals surface area contributed by atoms with Crippen molar-refractivity contribution in [3.05, 3.63) is 35.9 Å². The van der Waals surface area contributed by atoms with Gasteiger partial charge in [-0.1, -0.05) is 51.1 Å². The largest absolute Gasteiger partial charge is 0.342 e. The number of hydrogen-bond acceptors (Lipinski definition) is 4. The van der Waals surface area contributed by atoms with Crippen molar-refractivity contribution in [2.75, 3.05) is 20.1 Å². The summed E-state index contributed by atoms with van der Waals surface area (Å²) in [7, 11) is 1.76. The molecule has 0 aliphatic carbocycles. The van der Waals surface area contributed by atoms with Crippen molar-refractivity contribution in [3.63, 3.8) is 0 Å². The van der Waals surface area contributed by atoms with E-state index in [-0.39, 0.29) is 35.4 Å². The van der Waals surface area contributed by atoms with Crippen molar-refractivity contribution in [2.45, 2.75) is 77.5 Å². The zero-order chi connectivity index (χ0) is 22.6. The lowest BCUT2D eigenvalue weighted by Gasteiger charge is -2.40. The lowest BCUT2D eigenvalue weighted by molar-refractivity contribution is -0.142. The lowest BCUT2D eigenvalue weighted by atomic mass is 9.85. The molecule has 0 spiro atoms. The Balaban J connectivity index is 1.82. The summed E-state index contributed by atoms with van der Waals surface area (Å²) in [4.78, 5) is 28.8. The molecule has 31 heavy (non-hydrogen) atoms. The molecular formula is C25H40N4O2. The molecule has 0 aromatic heterocycles. The second-order valence-corrected chi connectivity index (χ2v) is 10.3. The minimum Gasteiger partial charge on any atom is -0.342 e. The van der Waals surface area contributed by atoms with Crippen LogP contribution in [0.1, 0.15) is 52.5 Å². The van der Waals surface area contributed by atoms with Crippen LogP contribution in [0.2, 0.25) is 0 Å². The molecule has 2 saturated heterocycles. The quantitative estimate of drug-likeness (QED) is 0.623. The molecule has 2 heterocycles. The van der Waals surface area contributed by atoms with Crippen LogP contribution in [0.3, 0.4) is 0 Å². The number of aryl methyl sites for hydroxylation is 1. The summed E-state index contributed by atoms with van der Waals surface area (Å²) in [5.74, 6) is 0.478. The Hall–Kier alpha value is -1.92. The van der Waals surface area contributed by atoms with E-state index < -0.39 is 6.04 Å². The first-order chi connectivity index (χ1) is 14.7. The van der Waals surface area contributed by atoms with Gasteiger partial charge in [-0.3, -0.25) is 9.59 Å². The van der Waals surface area contributed by atoms with Crippen LogP contribution in [-0.4, -0.2) is 61.0 Å². The highest BCUT2D eigenvalue weighted by Crippen LogP contribution is 2.37. The molecule has 2 amide bonds. The fraction of sp³-hybridized carbons (Fsp3) is 0.680. The van der Waals surface area contributed by atoms with Gasteiger partial charge in [-0.2, -0.15) is 0 Å². The molecule has 2 aliphatic rings. The first-order valence-electron chi connectivity index (χ1n) is 11.8. The SMILES string of the molecule is CNC(C)C(=O)N[C@H](C(=O)N1C(CCc2ccccc2)CC2CCNCC21)C(C)(C)C. The number of fused-ring (bicyclic) bond motifs is 1. The maximum Gasteiger partial charge on any atom is 0.246 e. The Morgan fingerprint density at radius 1 is 1.23 bits per heavy atom. The summed E-state index contributed by atoms with van der Waals surface area (Å²) in [5, 5.41) is 9.53. The molecule has 1 aromatic carbocycles. The van der Waals surface area contributed by atoms with E-state index >= 15 is 0 Å². The molecule has 2 fully saturated rings. The Labute approximate surface area is 187 Å². The summed E-state index contributed by atoms with van der Waals surface area (Å²) >= 11 is 0. The van der Waals surface area contributed by atoms with Gasteiger partial charge in [0.2, 0.25) is 11.8 Å². The summed E-state index contributed by atoms with van der Waals surface area (Å²) in [6, 6.07) is 10.1. The summed E-state index contributed by atoms with van der Waals surface area (Å²) < 4.78 is 0. The van der Waals surface area contributed by atoms with Crippen LogP contribution in [0.5, 0.6) is 0 Å². The van der Waals surface area contributed by atoms with E-state index in [1.165, 1.54) is 5.56 Å². The smallest absolute Gasteiger partial charge is 0.246 e. The molecule has 3 N–H and O–H groups in total. The fourth-order valence-electron chi connectivity index (χ4n) is 5.01. The van der Waals surface area contributed by atoms with Crippen molar-refractivity contribution in [3.8, 4) is 0 Å². The third kappa shape index (κ3) is 5.66. The van der Waals surface area contributed by atoms with Crippen LogP contribution in [0, 0.1) is 11.3 Å². The van der Waals surface area contributed by atoms with Crippen LogP contribution in [0.25, 0.3) is 0 Å². The topological polar surface area (TPSA) is 73.5 Å². The first kappa shape index (κ1) is 23.7. The molecular weight excluding hydrogens is 388 g/mol. The Bertz CT molecular complexity index is 746. The fourth-order valence-corrected chi connectivity index (χ4v) is 5.01. The molecule has 0 saturated carbocycles.